The van der Waals surface area contributed by atoms with E-state index in [2.05, 4.69) is 9.97 Å². The van der Waals surface area contributed by atoms with Crippen LogP contribution < -0.4 is 16.0 Å². The molecule has 0 fully saturated rings. The number of nitrogens with zero attached hydrogens (tertiary/aromatic N) is 2. The SMILES string of the molecule is C[C@H](Oc1ccc(-c2cc(C(N)=O)c(=O)[nH]c2C(F)(F)F)cc1)c1cncnc1. The Bertz CT molecular complexity index is 1080. The van der Waals surface area contributed by atoms with Crippen molar-refractivity contribution in [3.8, 4) is 16.9 Å². The summed E-state index contributed by atoms with van der Waals surface area (Å²) in [5.41, 5.74) is 2.53. The fraction of sp³-hybridized carbons (Fsp3) is 0.158. The fourth-order valence-corrected chi connectivity index (χ4v) is 2.67. The number of amides is 1. The number of hydrogen-bond acceptors (Lipinski definition) is 5. The Balaban J connectivity index is 1.96. The maximum Gasteiger partial charge on any atom is 0.431 e. The van der Waals surface area contributed by atoms with E-state index < -0.39 is 28.9 Å². The van der Waals surface area contributed by atoms with Crippen LogP contribution in [0.25, 0.3) is 11.1 Å². The van der Waals surface area contributed by atoms with E-state index in [4.69, 9.17) is 10.5 Å². The Morgan fingerprint density at radius 2 is 1.79 bits per heavy atom. The number of nitrogens with two attached hydrogens (primary N) is 1. The van der Waals surface area contributed by atoms with Gasteiger partial charge in [-0.25, -0.2) is 9.97 Å². The highest BCUT2D eigenvalue weighted by atomic mass is 19.4. The van der Waals surface area contributed by atoms with Crippen LogP contribution in [0.1, 0.15) is 34.6 Å². The number of primary amides is 1. The van der Waals surface area contributed by atoms with Crippen LogP contribution in [0.4, 0.5) is 13.2 Å². The number of aromatic nitrogens is 3. The summed E-state index contributed by atoms with van der Waals surface area (Å²) in [6.45, 7) is 1.77. The van der Waals surface area contributed by atoms with Crippen LogP contribution in [0.5, 0.6) is 5.75 Å². The number of H-pyrrole nitrogens is 1. The number of benzene rings is 1. The molecule has 0 aliphatic heterocycles. The second-order valence-electron chi connectivity index (χ2n) is 6.12. The molecule has 0 spiro atoms. The number of halogens is 3. The second-order valence-corrected chi connectivity index (χ2v) is 6.12. The quantitative estimate of drug-likeness (QED) is 0.679. The molecule has 0 saturated heterocycles. The molecule has 0 aliphatic carbocycles. The molecule has 10 heteroatoms. The van der Waals surface area contributed by atoms with E-state index in [0.717, 1.165) is 11.6 Å². The van der Waals surface area contributed by atoms with Crippen molar-refractivity contribution in [3.63, 3.8) is 0 Å². The molecule has 1 aromatic carbocycles. The van der Waals surface area contributed by atoms with Gasteiger partial charge in [0.15, 0.2) is 0 Å². The molecular weight excluding hydrogens is 389 g/mol. The van der Waals surface area contributed by atoms with E-state index in [1.807, 2.05) is 0 Å². The summed E-state index contributed by atoms with van der Waals surface area (Å²) in [6, 6.07) is 6.56. The fourth-order valence-electron chi connectivity index (χ4n) is 2.67. The molecule has 3 N–H and O–H groups in total. The number of carbonyl (C=O) groups is 1. The first-order valence-corrected chi connectivity index (χ1v) is 8.33. The van der Waals surface area contributed by atoms with Gasteiger partial charge in [0, 0.05) is 23.5 Å². The van der Waals surface area contributed by atoms with E-state index in [1.165, 1.54) is 30.6 Å². The molecule has 0 unspecified atom stereocenters. The third-order valence-corrected chi connectivity index (χ3v) is 4.12. The molecule has 3 rings (SSSR count). The highest BCUT2D eigenvalue weighted by Crippen LogP contribution is 2.36. The van der Waals surface area contributed by atoms with Crippen molar-refractivity contribution in [2.24, 2.45) is 5.73 Å². The number of alkyl halides is 3. The van der Waals surface area contributed by atoms with Gasteiger partial charge in [0.1, 0.15) is 29.4 Å². The molecule has 150 valence electrons. The van der Waals surface area contributed by atoms with Crippen LogP contribution in [0, 0.1) is 0 Å². The number of rotatable bonds is 5. The van der Waals surface area contributed by atoms with E-state index in [9.17, 15) is 22.8 Å². The standard InChI is InChI=1S/C19H15F3N4O3/c1-10(12-7-24-9-25-8-12)29-13-4-2-11(3-5-13)14-6-15(17(23)27)18(28)26-16(14)19(20,21)22/h2-10H,1H3,(H2,23,27)(H,26,28)/t10-/m0/s1. The Kier molecular flexibility index (Phi) is 5.35. The van der Waals surface area contributed by atoms with Crippen LogP contribution in [-0.2, 0) is 6.18 Å². The smallest absolute Gasteiger partial charge is 0.431 e. The summed E-state index contributed by atoms with van der Waals surface area (Å²) in [5.74, 6) is -0.724. The van der Waals surface area contributed by atoms with E-state index >= 15 is 0 Å². The second kappa shape index (κ2) is 7.74. The zero-order valence-electron chi connectivity index (χ0n) is 15.0. The minimum Gasteiger partial charge on any atom is -0.486 e. The van der Waals surface area contributed by atoms with Crippen molar-refractivity contribution < 1.29 is 22.7 Å². The molecule has 2 aromatic heterocycles. The van der Waals surface area contributed by atoms with Gasteiger partial charge in [0.2, 0.25) is 0 Å². The summed E-state index contributed by atoms with van der Waals surface area (Å²) in [6.07, 6.45) is -0.655. The van der Waals surface area contributed by atoms with Gasteiger partial charge < -0.3 is 15.5 Å². The van der Waals surface area contributed by atoms with Crippen molar-refractivity contribution >= 4 is 5.91 Å². The Morgan fingerprint density at radius 3 is 2.34 bits per heavy atom. The first-order valence-electron chi connectivity index (χ1n) is 8.33. The summed E-state index contributed by atoms with van der Waals surface area (Å²) in [4.78, 5) is 32.6. The van der Waals surface area contributed by atoms with E-state index in [1.54, 1.807) is 24.3 Å². The van der Waals surface area contributed by atoms with Crippen LogP contribution >= 0.6 is 0 Å². The highest BCUT2D eigenvalue weighted by Gasteiger charge is 2.36. The van der Waals surface area contributed by atoms with Crippen molar-refractivity contribution in [2.45, 2.75) is 19.2 Å². The average molecular weight is 404 g/mol. The molecule has 3 aromatic rings. The maximum absolute atomic E-state index is 13.4. The van der Waals surface area contributed by atoms with Crippen molar-refractivity contribution in [3.05, 3.63) is 76.2 Å². The van der Waals surface area contributed by atoms with Crippen LogP contribution in [-0.4, -0.2) is 20.9 Å². The summed E-state index contributed by atoms with van der Waals surface area (Å²) < 4.78 is 45.8. The maximum atomic E-state index is 13.4. The average Bonchev–Trinajstić information content (AvgIpc) is 2.68. The first kappa shape index (κ1) is 20.1. The van der Waals surface area contributed by atoms with Crippen LogP contribution in [0.3, 0.4) is 0 Å². The largest absolute Gasteiger partial charge is 0.486 e. The Morgan fingerprint density at radius 1 is 1.17 bits per heavy atom. The third-order valence-electron chi connectivity index (χ3n) is 4.12. The zero-order chi connectivity index (χ0) is 21.2. The number of ether oxygens (including phenoxy) is 1. The molecule has 0 saturated carbocycles. The molecule has 0 aliphatic rings. The lowest BCUT2D eigenvalue weighted by molar-refractivity contribution is -0.140. The Hall–Kier alpha value is -3.69. The normalized spacial score (nSPS) is 12.4. The summed E-state index contributed by atoms with van der Waals surface area (Å²) in [5, 5.41) is 0. The van der Waals surface area contributed by atoms with E-state index in [-0.39, 0.29) is 17.2 Å². The molecule has 7 nitrogen and oxygen atoms in total. The molecule has 29 heavy (non-hydrogen) atoms. The van der Waals surface area contributed by atoms with Gasteiger partial charge in [-0.1, -0.05) is 12.1 Å². The monoisotopic (exact) mass is 404 g/mol. The predicted octanol–water partition coefficient (Wildman–Crippen LogP) is 3.09. The lowest BCUT2D eigenvalue weighted by Crippen LogP contribution is -2.27. The van der Waals surface area contributed by atoms with Gasteiger partial charge in [0.05, 0.1) is 0 Å². The van der Waals surface area contributed by atoms with Gasteiger partial charge in [0.25, 0.3) is 11.5 Å². The van der Waals surface area contributed by atoms with Gasteiger partial charge in [-0.3, -0.25) is 9.59 Å². The van der Waals surface area contributed by atoms with E-state index in [0.29, 0.717) is 5.75 Å². The lowest BCUT2D eigenvalue weighted by Gasteiger charge is -2.16. The molecule has 2 heterocycles. The number of hydrogen-bond donors (Lipinski definition) is 2. The topological polar surface area (TPSA) is 111 Å². The van der Waals surface area contributed by atoms with Crippen molar-refractivity contribution in [2.75, 3.05) is 0 Å². The zero-order valence-corrected chi connectivity index (χ0v) is 15.0. The number of aromatic amines is 1. The first-order chi connectivity index (χ1) is 13.7. The van der Waals surface area contributed by atoms with Crippen molar-refractivity contribution in [1.82, 2.24) is 15.0 Å². The van der Waals surface area contributed by atoms with Gasteiger partial charge in [-0.15, -0.1) is 0 Å². The lowest BCUT2D eigenvalue weighted by atomic mass is 10.0. The minimum absolute atomic E-state index is 0.124. The van der Waals surface area contributed by atoms with Gasteiger partial charge in [-0.05, 0) is 30.7 Å². The molecule has 0 bridgehead atoms. The number of nitrogens with one attached hydrogen (secondary N) is 1. The number of carbonyl (C=O) groups excluding carboxylic acids is 1. The minimum atomic E-state index is -4.83. The van der Waals surface area contributed by atoms with Crippen molar-refractivity contribution in [1.29, 1.82) is 0 Å². The Labute approximate surface area is 162 Å². The molecule has 0 radical (unpaired) electrons. The van der Waals surface area contributed by atoms with Gasteiger partial charge >= 0.3 is 6.18 Å². The van der Waals surface area contributed by atoms with Gasteiger partial charge in [-0.2, -0.15) is 13.2 Å². The molecule has 1 amide bonds. The summed E-state index contributed by atoms with van der Waals surface area (Å²) in [7, 11) is 0. The van der Waals surface area contributed by atoms with Crippen LogP contribution in [0.15, 0.2) is 53.8 Å². The van der Waals surface area contributed by atoms with Crippen LogP contribution in [0.2, 0.25) is 0 Å². The highest BCUT2D eigenvalue weighted by molar-refractivity contribution is 5.94. The predicted molar refractivity (Wildman–Crippen MR) is 97.1 cm³/mol. The molecular formula is C19H15F3N4O3. The molecule has 1 atom stereocenters. The summed E-state index contributed by atoms with van der Waals surface area (Å²) >= 11 is 0. The third kappa shape index (κ3) is 4.42. The number of pyridine rings is 1.